The highest BCUT2D eigenvalue weighted by atomic mass is 32.1. The largest absolute Gasteiger partial charge is 0.450 e. The van der Waals surface area contributed by atoms with Crippen LogP contribution in [0.5, 0.6) is 0 Å². The van der Waals surface area contributed by atoms with E-state index in [1.54, 1.807) is 36.7 Å². The molecule has 0 aliphatic rings. The summed E-state index contributed by atoms with van der Waals surface area (Å²) in [7, 11) is 0. The zero-order valence-electron chi connectivity index (χ0n) is 13.4. The van der Waals surface area contributed by atoms with Crippen LogP contribution in [0.4, 0.5) is 9.80 Å². The second-order valence-electron chi connectivity index (χ2n) is 4.77. The molecule has 0 bridgehead atoms. The molecule has 2 rings (SSSR count). The standard InChI is InChI=1S/C16H16N4O4S/c1-2-24-16(23)20-13(21)11-6-8-25-15(11)19-14(22)12(17)9-10-5-3-4-7-18-10/h3-8,17H,2,9H2,1H3,(H,19,22)(H,20,21,23). The van der Waals surface area contributed by atoms with E-state index in [2.05, 4.69) is 20.4 Å². The maximum atomic E-state index is 12.1. The normalized spacial score (nSPS) is 9.96. The quantitative estimate of drug-likeness (QED) is 0.682. The number of hydrogen-bond donors (Lipinski definition) is 3. The Labute approximate surface area is 147 Å². The molecular weight excluding hydrogens is 344 g/mol. The fourth-order valence-corrected chi connectivity index (χ4v) is 2.63. The number of carbonyl (C=O) groups is 3. The van der Waals surface area contributed by atoms with Crippen molar-refractivity contribution in [3.05, 3.63) is 47.1 Å². The molecule has 0 fully saturated rings. The number of thiophene rings is 1. The molecule has 0 spiro atoms. The number of hydrogen-bond acceptors (Lipinski definition) is 7. The summed E-state index contributed by atoms with van der Waals surface area (Å²) < 4.78 is 4.64. The Morgan fingerprint density at radius 2 is 2.08 bits per heavy atom. The first kappa shape index (κ1) is 18.3. The minimum Gasteiger partial charge on any atom is -0.450 e. The fourth-order valence-electron chi connectivity index (χ4n) is 1.85. The summed E-state index contributed by atoms with van der Waals surface area (Å²) >= 11 is 1.11. The van der Waals surface area contributed by atoms with Gasteiger partial charge in [0.05, 0.1) is 12.2 Å². The van der Waals surface area contributed by atoms with Crippen LogP contribution in [-0.2, 0) is 16.0 Å². The summed E-state index contributed by atoms with van der Waals surface area (Å²) in [4.78, 5) is 39.5. The molecule has 0 radical (unpaired) electrons. The lowest BCUT2D eigenvalue weighted by atomic mass is 10.2. The van der Waals surface area contributed by atoms with E-state index < -0.39 is 17.9 Å². The topological polar surface area (TPSA) is 121 Å². The van der Waals surface area contributed by atoms with Gasteiger partial charge in [-0.25, -0.2) is 4.79 Å². The van der Waals surface area contributed by atoms with Gasteiger partial charge < -0.3 is 10.1 Å². The molecule has 25 heavy (non-hydrogen) atoms. The van der Waals surface area contributed by atoms with Crippen molar-refractivity contribution in [1.82, 2.24) is 10.3 Å². The summed E-state index contributed by atoms with van der Waals surface area (Å²) in [6, 6.07) is 6.69. The molecule has 9 heteroatoms. The third-order valence-electron chi connectivity index (χ3n) is 2.99. The maximum absolute atomic E-state index is 12.1. The van der Waals surface area contributed by atoms with E-state index in [0.29, 0.717) is 5.69 Å². The van der Waals surface area contributed by atoms with Crippen molar-refractivity contribution in [1.29, 1.82) is 5.41 Å². The number of nitrogens with zero attached hydrogens (tertiary/aromatic N) is 1. The molecule has 3 amide bonds. The Hall–Kier alpha value is -3.07. The summed E-state index contributed by atoms with van der Waals surface area (Å²) in [5.41, 5.74) is 0.523. The van der Waals surface area contributed by atoms with Crippen LogP contribution in [0.15, 0.2) is 35.8 Å². The van der Waals surface area contributed by atoms with Gasteiger partial charge in [-0.05, 0) is 30.5 Å². The highest BCUT2D eigenvalue weighted by Gasteiger charge is 2.19. The first-order chi connectivity index (χ1) is 12.0. The van der Waals surface area contributed by atoms with Gasteiger partial charge in [0.15, 0.2) is 0 Å². The lowest BCUT2D eigenvalue weighted by molar-refractivity contribution is -0.110. The molecule has 2 aromatic heterocycles. The van der Waals surface area contributed by atoms with Crippen molar-refractivity contribution in [2.75, 3.05) is 11.9 Å². The lowest BCUT2D eigenvalue weighted by Gasteiger charge is -2.07. The van der Waals surface area contributed by atoms with E-state index in [0.717, 1.165) is 11.3 Å². The van der Waals surface area contributed by atoms with Crippen molar-refractivity contribution in [3.8, 4) is 0 Å². The molecule has 2 aromatic rings. The number of alkyl carbamates (subject to hydrolysis) is 1. The smallest absolute Gasteiger partial charge is 0.414 e. The number of carbonyl (C=O) groups excluding carboxylic acids is 3. The predicted molar refractivity (Wildman–Crippen MR) is 93.1 cm³/mol. The second-order valence-corrected chi connectivity index (χ2v) is 5.68. The minimum atomic E-state index is -0.862. The third kappa shape index (κ3) is 5.21. The lowest BCUT2D eigenvalue weighted by Crippen LogP contribution is -2.32. The van der Waals surface area contributed by atoms with Gasteiger partial charge in [-0.2, -0.15) is 0 Å². The molecule has 0 atom stereocenters. The van der Waals surface area contributed by atoms with Crippen LogP contribution >= 0.6 is 11.3 Å². The van der Waals surface area contributed by atoms with E-state index in [1.807, 2.05) is 0 Å². The number of amides is 3. The van der Waals surface area contributed by atoms with Crippen molar-refractivity contribution in [3.63, 3.8) is 0 Å². The van der Waals surface area contributed by atoms with E-state index >= 15 is 0 Å². The van der Waals surface area contributed by atoms with Crippen LogP contribution < -0.4 is 10.6 Å². The molecule has 0 aliphatic carbocycles. The number of imide groups is 1. The first-order valence-electron chi connectivity index (χ1n) is 7.35. The van der Waals surface area contributed by atoms with E-state index in [1.165, 1.54) is 6.07 Å². The molecule has 3 N–H and O–H groups in total. The van der Waals surface area contributed by atoms with Gasteiger partial charge >= 0.3 is 6.09 Å². The van der Waals surface area contributed by atoms with E-state index in [9.17, 15) is 14.4 Å². The maximum Gasteiger partial charge on any atom is 0.414 e. The van der Waals surface area contributed by atoms with Crippen molar-refractivity contribution >= 4 is 40.0 Å². The highest BCUT2D eigenvalue weighted by Crippen LogP contribution is 2.23. The van der Waals surface area contributed by atoms with Gasteiger partial charge in [-0.3, -0.25) is 25.3 Å². The molecular formula is C16H16N4O4S. The Balaban J connectivity index is 2.00. The number of ether oxygens (including phenoxy) is 1. The SMILES string of the molecule is CCOC(=O)NC(=O)c1ccsc1NC(=O)C(=N)Cc1ccccn1. The van der Waals surface area contributed by atoms with Crippen LogP contribution in [0.2, 0.25) is 0 Å². The Kier molecular flexibility index (Phi) is 6.35. The van der Waals surface area contributed by atoms with Gasteiger partial charge in [0.25, 0.3) is 11.8 Å². The number of nitrogens with one attached hydrogen (secondary N) is 3. The molecule has 2 heterocycles. The van der Waals surface area contributed by atoms with E-state index in [-0.39, 0.29) is 29.3 Å². The van der Waals surface area contributed by atoms with Crippen LogP contribution in [0.3, 0.4) is 0 Å². The molecule has 0 saturated carbocycles. The van der Waals surface area contributed by atoms with Gasteiger partial charge in [-0.15, -0.1) is 11.3 Å². The Morgan fingerprint density at radius 3 is 2.76 bits per heavy atom. The zero-order valence-corrected chi connectivity index (χ0v) is 14.2. The van der Waals surface area contributed by atoms with Crippen molar-refractivity contribution < 1.29 is 19.1 Å². The van der Waals surface area contributed by atoms with Crippen molar-refractivity contribution in [2.24, 2.45) is 0 Å². The second kappa shape index (κ2) is 8.69. The van der Waals surface area contributed by atoms with Crippen LogP contribution in [0.25, 0.3) is 0 Å². The van der Waals surface area contributed by atoms with Crippen LogP contribution in [-0.4, -0.2) is 35.2 Å². The average molecular weight is 360 g/mol. The molecule has 0 aliphatic heterocycles. The van der Waals surface area contributed by atoms with Gasteiger partial charge in [-0.1, -0.05) is 6.07 Å². The summed E-state index contributed by atoms with van der Waals surface area (Å²) in [6.45, 7) is 1.75. The number of aromatic nitrogens is 1. The number of pyridine rings is 1. The molecule has 0 unspecified atom stereocenters. The first-order valence-corrected chi connectivity index (χ1v) is 8.23. The minimum absolute atomic E-state index is 0.0718. The fraction of sp³-hybridized carbons (Fsp3) is 0.188. The third-order valence-corrected chi connectivity index (χ3v) is 3.82. The van der Waals surface area contributed by atoms with Gasteiger partial charge in [0, 0.05) is 18.3 Å². The number of anilines is 1. The monoisotopic (exact) mass is 360 g/mol. The summed E-state index contributed by atoms with van der Waals surface area (Å²) in [5, 5.41) is 14.3. The highest BCUT2D eigenvalue weighted by molar-refractivity contribution is 7.14. The molecule has 130 valence electrons. The van der Waals surface area contributed by atoms with Crippen LogP contribution in [0.1, 0.15) is 23.0 Å². The summed E-state index contributed by atoms with van der Waals surface area (Å²) in [6.07, 6.45) is 0.791. The predicted octanol–water partition coefficient (Wildman–Crippen LogP) is 2.23. The average Bonchev–Trinajstić information content (AvgIpc) is 3.04. The molecule has 0 saturated heterocycles. The molecule has 0 aromatic carbocycles. The van der Waals surface area contributed by atoms with Crippen LogP contribution in [0, 0.1) is 5.41 Å². The van der Waals surface area contributed by atoms with Gasteiger partial charge in [0.2, 0.25) is 0 Å². The summed E-state index contributed by atoms with van der Waals surface area (Å²) in [5.74, 6) is -1.33. The Bertz CT molecular complexity index is 788. The molecule has 8 nitrogen and oxygen atoms in total. The van der Waals surface area contributed by atoms with Gasteiger partial charge in [0.1, 0.15) is 10.7 Å². The Morgan fingerprint density at radius 1 is 1.28 bits per heavy atom. The van der Waals surface area contributed by atoms with E-state index in [4.69, 9.17) is 5.41 Å². The zero-order chi connectivity index (χ0) is 18.2. The number of rotatable bonds is 6. The van der Waals surface area contributed by atoms with Crippen molar-refractivity contribution in [2.45, 2.75) is 13.3 Å².